The molecular formula is C23H27N3O4. The molecule has 1 saturated heterocycles. The molecule has 7 nitrogen and oxygen atoms in total. The number of imide groups is 1. The molecule has 3 rings (SSSR count). The van der Waals surface area contributed by atoms with Crippen LogP contribution in [0.1, 0.15) is 37.3 Å². The van der Waals surface area contributed by atoms with E-state index in [0.717, 1.165) is 10.5 Å². The molecule has 1 aliphatic rings. The summed E-state index contributed by atoms with van der Waals surface area (Å²) in [6.45, 7) is 3.94. The lowest BCUT2D eigenvalue weighted by atomic mass is 9.87. The Morgan fingerprint density at radius 3 is 2.40 bits per heavy atom. The lowest BCUT2D eigenvalue weighted by Gasteiger charge is -2.26. The van der Waals surface area contributed by atoms with Gasteiger partial charge < -0.3 is 15.4 Å². The molecule has 2 N–H and O–H groups in total. The smallest absolute Gasteiger partial charge is 0.325 e. The van der Waals surface area contributed by atoms with Crippen molar-refractivity contribution in [3.63, 3.8) is 0 Å². The van der Waals surface area contributed by atoms with Crippen molar-refractivity contribution in [2.75, 3.05) is 20.2 Å². The summed E-state index contributed by atoms with van der Waals surface area (Å²) < 4.78 is 5.16. The summed E-state index contributed by atoms with van der Waals surface area (Å²) in [4.78, 5) is 39.1. The van der Waals surface area contributed by atoms with E-state index in [1.807, 2.05) is 44.2 Å². The van der Waals surface area contributed by atoms with Crippen LogP contribution in [0.5, 0.6) is 5.75 Å². The third kappa shape index (κ3) is 4.15. The second-order valence-corrected chi connectivity index (χ2v) is 7.42. The van der Waals surface area contributed by atoms with Crippen molar-refractivity contribution in [3.8, 4) is 5.75 Å². The minimum atomic E-state index is -1.18. The van der Waals surface area contributed by atoms with Gasteiger partial charge in [0.15, 0.2) is 0 Å². The molecule has 30 heavy (non-hydrogen) atoms. The standard InChI is InChI=1S/C23H27N3O4/c1-4-23(18-10-12-19(30-3)13-11-18)21(28)26(22(29)25-23)15-20(27)24-14-16(2)17-8-6-5-7-9-17/h5-13,16H,4,14-15H2,1-3H3,(H,24,27)(H,25,29)/t16-,23-/m0/s1. The summed E-state index contributed by atoms with van der Waals surface area (Å²) in [5.41, 5.74) is 0.586. The van der Waals surface area contributed by atoms with E-state index < -0.39 is 17.5 Å². The van der Waals surface area contributed by atoms with E-state index in [4.69, 9.17) is 4.74 Å². The van der Waals surface area contributed by atoms with Crippen molar-refractivity contribution in [3.05, 3.63) is 65.7 Å². The third-order valence-corrected chi connectivity index (χ3v) is 5.56. The first-order valence-corrected chi connectivity index (χ1v) is 10.0. The molecule has 1 heterocycles. The summed E-state index contributed by atoms with van der Waals surface area (Å²) in [5.74, 6) is -0.0211. The number of carbonyl (C=O) groups is 3. The SMILES string of the molecule is CC[C@@]1(c2ccc(OC)cc2)NC(=O)N(CC(=O)NC[C@H](C)c2ccccc2)C1=O. The van der Waals surface area contributed by atoms with E-state index in [1.54, 1.807) is 31.4 Å². The number of nitrogens with one attached hydrogen (secondary N) is 2. The minimum absolute atomic E-state index is 0.118. The van der Waals surface area contributed by atoms with Gasteiger partial charge in [0.05, 0.1) is 7.11 Å². The zero-order chi connectivity index (χ0) is 21.7. The van der Waals surface area contributed by atoms with Crippen LogP contribution in [0.2, 0.25) is 0 Å². The van der Waals surface area contributed by atoms with Gasteiger partial charge in [0.25, 0.3) is 5.91 Å². The highest BCUT2D eigenvalue weighted by Crippen LogP contribution is 2.33. The van der Waals surface area contributed by atoms with Crippen molar-refractivity contribution in [1.29, 1.82) is 0 Å². The van der Waals surface area contributed by atoms with Crippen molar-refractivity contribution >= 4 is 17.8 Å². The molecule has 158 valence electrons. The van der Waals surface area contributed by atoms with Gasteiger partial charge in [-0.25, -0.2) is 4.79 Å². The van der Waals surface area contributed by atoms with Crippen molar-refractivity contribution in [2.24, 2.45) is 0 Å². The van der Waals surface area contributed by atoms with E-state index in [0.29, 0.717) is 24.3 Å². The number of carbonyl (C=O) groups excluding carboxylic acids is 3. The highest BCUT2D eigenvalue weighted by molar-refractivity contribution is 6.09. The molecule has 0 aromatic heterocycles. The van der Waals surface area contributed by atoms with Gasteiger partial charge in [-0.05, 0) is 35.6 Å². The zero-order valence-electron chi connectivity index (χ0n) is 17.5. The van der Waals surface area contributed by atoms with Crippen LogP contribution in [0.4, 0.5) is 4.79 Å². The van der Waals surface area contributed by atoms with Gasteiger partial charge in [-0.15, -0.1) is 0 Å². The van der Waals surface area contributed by atoms with Crippen molar-refractivity contribution < 1.29 is 19.1 Å². The molecule has 2 atom stereocenters. The maximum Gasteiger partial charge on any atom is 0.325 e. The molecule has 1 fully saturated rings. The molecule has 4 amide bonds. The third-order valence-electron chi connectivity index (χ3n) is 5.56. The van der Waals surface area contributed by atoms with Gasteiger partial charge in [0.2, 0.25) is 5.91 Å². The fourth-order valence-corrected chi connectivity index (χ4v) is 3.65. The molecule has 0 bridgehead atoms. The number of hydrogen-bond donors (Lipinski definition) is 2. The molecule has 2 aromatic carbocycles. The predicted molar refractivity (Wildman–Crippen MR) is 113 cm³/mol. The second kappa shape index (κ2) is 8.98. The Labute approximate surface area is 176 Å². The van der Waals surface area contributed by atoms with E-state index in [9.17, 15) is 14.4 Å². The van der Waals surface area contributed by atoms with Gasteiger partial charge in [0.1, 0.15) is 17.8 Å². The lowest BCUT2D eigenvalue weighted by Crippen LogP contribution is -2.45. The van der Waals surface area contributed by atoms with Crippen LogP contribution in [0, 0.1) is 0 Å². The fraction of sp³-hybridized carbons (Fsp3) is 0.348. The lowest BCUT2D eigenvalue weighted by molar-refractivity contribution is -0.135. The predicted octanol–water partition coefficient (Wildman–Crippen LogP) is 2.77. The monoisotopic (exact) mass is 409 g/mol. The van der Waals surface area contributed by atoms with E-state index >= 15 is 0 Å². The highest BCUT2D eigenvalue weighted by atomic mass is 16.5. The Balaban J connectivity index is 1.66. The van der Waals surface area contributed by atoms with Gasteiger partial charge in [-0.3, -0.25) is 14.5 Å². The first-order valence-electron chi connectivity index (χ1n) is 10.0. The van der Waals surface area contributed by atoms with Crippen LogP contribution in [0.25, 0.3) is 0 Å². The Kier molecular flexibility index (Phi) is 6.40. The fourth-order valence-electron chi connectivity index (χ4n) is 3.65. The Morgan fingerprint density at radius 1 is 1.13 bits per heavy atom. The van der Waals surface area contributed by atoms with Crippen LogP contribution < -0.4 is 15.4 Å². The summed E-state index contributed by atoms with van der Waals surface area (Å²) in [5, 5.41) is 5.60. The molecule has 0 spiro atoms. The molecular weight excluding hydrogens is 382 g/mol. The Hall–Kier alpha value is -3.35. The summed E-state index contributed by atoms with van der Waals surface area (Å²) in [6, 6.07) is 16.3. The zero-order valence-corrected chi connectivity index (χ0v) is 17.5. The number of nitrogens with zero attached hydrogens (tertiary/aromatic N) is 1. The number of hydrogen-bond acceptors (Lipinski definition) is 4. The number of benzene rings is 2. The van der Waals surface area contributed by atoms with Crippen LogP contribution >= 0.6 is 0 Å². The number of rotatable bonds is 8. The van der Waals surface area contributed by atoms with Gasteiger partial charge in [0, 0.05) is 6.54 Å². The van der Waals surface area contributed by atoms with E-state index in [-0.39, 0.29) is 18.4 Å². The van der Waals surface area contributed by atoms with E-state index in [1.165, 1.54) is 0 Å². The van der Waals surface area contributed by atoms with Crippen LogP contribution in [-0.4, -0.2) is 42.9 Å². The second-order valence-electron chi connectivity index (χ2n) is 7.42. The maximum absolute atomic E-state index is 13.2. The number of amides is 4. The van der Waals surface area contributed by atoms with Crippen LogP contribution in [0.3, 0.4) is 0 Å². The topological polar surface area (TPSA) is 87.7 Å². The maximum atomic E-state index is 13.2. The summed E-state index contributed by atoms with van der Waals surface area (Å²) >= 11 is 0. The number of urea groups is 1. The molecule has 0 saturated carbocycles. The minimum Gasteiger partial charge on any atom is -0.497 e. The molecule has 0 unspecified atom stereocenters. The van der Waals surface area contributed by atoms with Crippen molar-refractivity contribution in [1.82, 2.24) is 15.5 Å². The Morgan fingerprint density at radius 2 is 1.80 bits per heavy atom. The van der Waals surface area contributed by atoms with Gasteiger partial charge in [-0.2, -0.15) is 0 Å². The Bertz CT molecular complexity index is 914. The molecule has 2 aromatic rings. The molecule has 1 aliphatic heterocycles. The quantitative estimate of drug-likeness (QED) is 0.657. The largest absolute Gasteiger partial charge is 0.497 e. The van der Waals surface area contributed by atoms with Gasteiger partial charge >= 0.3 is 6.03 Å². The number of ether oxygens (including phenoxy) is 1. The first kappa shape index (κ1) is 21.4. The van der Waals surface area contributed by atoms with Crippen LogP contribution in [-0.2, 0) is 15.1 Å². The highest BCUT2D eigenvalue weighted by Gasteiger charge is 2.51. The summed E-state index contributed by atoms with van der Waals surface area (Å²) in [7, 11) is 1.56. The average molecular weight is 409 g/mol. The van der Waals surface area contributed by atoms with Crippen molar-refractivity contribution in [2.45, 2.75) is 31.7 Å². The molecule has 7 heteroatoms. The van der Waals surface area contributed by atoms with E-state index in [2.05, 4.69) is 10.6 Å². The average Bonchev–Trinajstić information content (AvgIpc) is 3.03. The molecule has 0 radical (unpaired) electrons. The van der Waals surface area contributed by atoms with Gasteiger partial charge in [-0.1, -0.05) is 56.3 Å². The summed E-state index contributed by atoms with van der Waals surface area (Å²) in [6.07, 6.45) is 0.368. The van der Waals surface area contributed by atoms with Crippen LogP contribution in [0.15, 0.2) is 54.6 Å². The number of methoxy groups -OCH3 is 1. The first-order chi connectivity index (χ1) is 14.4. The normalized spacial score (nSPS) is 19.4. The molecule has 0 aliphatic carbocycles.